The van der Waals surface area contributed by atoms with Crippen LogP contribution in [-0.2, 0) is 0 Å². The lowest BCUT2D eigenvalue weighted by Gasteiger charge is -2.09. The van der Waals surface area contributed by atoms with Gasteiger partial charge in [0.2, 0.25) is 0 Å². The molecule has 2 rings (SSSR count). The average molecular weight is 269 g/mol. The molecule has 0 atom stereocenters. The van der Waals surface area contributed by atoms with E-state index in [0.717, 1.165) is 17.8 Å². The second-order valence-electron chi connectivity index (χ2n) is 4.75. The van der Waals surface area contributed by atoms with Crippen LogP contribution in [0, 0.1) is 0 Å². The zero-order chi connectivity index (χ0) is 13.3. The van der Waals surface area contributed by atoms with Gasteiger partial charge >= 0.3 is 0 Å². The Hall–Kier alpha value is -1.43. The SMILES string of the molecule is COc1c(NC(C)C)sc(C(=O)NC2CC2)c1N. The molecule has 100 valence electrons. The Balaban J connectivity index is 2.23. The number of nitrogens with two attached hydrogens (primary N) is 1. The molecule has 0 bridgehead atoms. The Bertz CT molecular complexity index is 452. The zero-order valence-corrected chi connectivity index (χ0v) is 11.7. The number of rotatable bonds is 5. The van der Waals surface area contributed by atoms with Crippen molar-refractivity contribution in [3.05, 3.63) is 4.88 Å². The topological polar surface area (TPSA) is 76.4 Å². The molecule has 4 N–H and O–H groups in total. The number of ether oxygens (including phenoxy) is 1. The van der Waals surface area contributed by atoms with E-state index in [4.69, 9.17) is 10.5 Å². The Kier molecular flexibility index (Phi) is 3.65. The summed E-state index contributed by atoms with van der Waals surface area (Å²) in [6.45, 7) is 4.05. The summed E-state index contributed by atoms with van der Waals surface area (Å²) in [5.41, 5.74) is 6.39. The highest BCUT2D eigenvalue weighted by Crippen LogP contribution is 2.42. The van der Waals surface area contributed by atoms with Crippen LogP contribution >= 0.6 is 11.3 Å². The van der Waals surface area contributed by atoms with Crippen LogP contribution in [0.25, 0.3) is 0 Å². The third-order valence-electron chi connectivity index (χ3n) is 2.64. The Morgan fingerprint density at radius 3 is 2.67 bits per heavy atom. The molecule has 6 heteroatoms. The molecule has 1 aromatic heterocycles. The Morgan fingerprint density at radius 2 is 2.17 bits per heavy atom. The number of carbonyl (C=O) groups excluding carboxylic acids is 1. The predicted molar refractivity (Wildman–Crippen MR) is 74.5 cm³/mol. The molecular weight excluding hydrogens is 250 g/mol. The number of thiophene rings is 1. The van der Waals surface area contributed by atoms with Crippen molar-refractivity contribution in [1.82, 2.24) is 5.32 Å². The van der Waals surface area contributed by atoms with E-state index < -0.39 is 0 Å². The van der Waals surface area contributed by atoms with Gasteiger partial charge in [-0.2, -0.15) is 0 Å². The molecule has 5 nitrogen and oxygen atoms in total. The van der Waals surface area contributed by atoms with Gasteiger partial charge in [0.15, 0.2) is 5.75 Å². The lowest BCUT2D eigenvalue weighted by Crippen LogP contribution is -2.25. The highest BCUT2D eigenvalue weighted by atomic mass is 32.1. The molecule has 1 fully saturated rings. The van der Waals surface area contributed by atoms with Crippen molar-refractivity contribution in [3.8, 4) is 5.75 Å². The van der Waals surface area contributed by atoms with Crippen LogP contribution in [0.5, 0.6) is 5.75 Å². The van der Waals surface area contributed by atoms with E-state index in [1.54, 1.807) is 7.11 Å². The summed E-state index contributed by atoms with van der Waals surface area (Å²) >= 11 is 1.34. The molecule has 1 aliphatic rings. The van der Waals surface area contributed by atoms with E-state index in [1.807, 2.05) is 13.8 Å². The van der Waals surface area contributed by atoms with Crippen LogP contribution in [0.2, 0.25) is 0 Å². The van der Waals surface area contributed by atoms with E-state index in [2.05, 4.69) is 10.6 Å². The number of hydrogen-bond acceptors (Lipinski definition) is 5. The number of nitrogens with one attached hydrogen (secondary N) is 2. The van der Waals surface area contributed by atoms with E-state index in [1.165, 1.54) is 11.3 Å². The maximum atomic E-state index is 12.0. The van der Waals surface area contributed by atoms with Gasteiger partial charge in [0.1, 0.15) is 15.6 Å². The van der Waals surface area contributed by atoms with Crippen molar-refractivity contribution in [2.75, 3.05) is 18.2 Å². The maximum absolute atomic E-state index is 12.0. The molecule has 1 heterocycles. The number of nitrogen functional groups attached to an aromatic ring is 1. The standard InChI is InChI=1S/C12H19N3O2S/c1-6(2)14-12-9(17-3)8(13)10(18-12)11(16)15-7-4-5-7/h6-7,14H,4-5,13H2,1-3H3,(H,15,16). The number of anilines is 2. The minimum absolute atomic E-state index is 0.102. The lowest BCUT2D eigenvalue weighted by atomic mass is 10.3. The van der Waals surface area contributed by atoms with Crippen molar-refractivity contribution in [1.29, 1.82) is 0 Å². The molecule has 0 saturated heterocycles. The summed E-state index contributed by atoms with van der Waals surface area (Å²) in [4.78, 5) is 12.5. The van der Waals surface area contributed by atoms with Crippen LogP contribution in [-0.4, -0.2) is 25.1 Å². The third kappa shape index (κ3) is 2.69. The summed E-state index contributed by atoms with van der Waals surface area (Å²) in [5.74, 6) is 0.463. The fraction of sp³-hybridized carbons (Fsp3) is 0.583. The van der Waals surface area contributed by atoms with Gasteiger partial charge in [0.25, 0.3) is 5.91 Å². The molecule has 1 saturated carbocycles. The fourth-order valence-electron chi connectivity index (χ4n) is 1.64. The first-order valence-electron chi connectivity index (χ1n) is 6.06. The molecule has 0 radical (unpaired) electrons. The molecule has 18 heavy (non-hydrogen) atoms. The van der Waals surface area contributed by atoms with Gasteiger partial charge in [0.05, 0.1) is 7.11 Å². The van der Waals surface area contributed by atoms with Crippen molar-refractivity contribution in [2.45, 2.75) is 38.8 Å². The van der Waals surface area contributed by atoms with Crippen molar-refractivity contribution >= 4 is 27.9 Å². The van der Waals surface area contributed by atoms with Crippen LogP contribution in [0.3, 0.4) is 0 Å². The zero-order valence-electron chi connectivity index (χ0n) is 10.9. The van der Waals surface area contributed by atoms with Crippen molar-refractivity contribution < 1.29 is 9.53 Å². The first-order valence-corrected chi connectivity index (χ1v) is 6.88. The first-order chi connectivity index (χ1) is 8.52. The Labute approximate surface area is 111 Å². The average Bonchev–Trinajstić information content (AvgIpc) is 3.03. The number of carbonyl (C=O) groups is 1. The first kappa shape index (κ1) is 13.0. The van der Waals surface area contributed by atoms with Gasteiger partial charge in [-0.3, -0.25) is 4.79 Å². The van der Waals surface area contributed by atoms with Gasteiger partial charge in [-0.05, 0) is 26.7 Å². The minimum Gasteiger partial charge on any atom is -0.492 e. The molecule has 1 aromatic rings. The van der Waals surface area contributed by atoms with Crippen molar-refractivity contribution in [2.24, 2.45) is 0 Å². The van der Waals surface area contributed by atoms with Gasteiger partial charge in [-0.25, -0.2) is 0 Å². The lowest BCUT2D eigenvalue weighted by molar-refractivity contribution is 0.0956. The van der Waals surface area contributed by atoms with Crippen LogP contribution in [0.15, 0.2) is 0 Å². The van der Waals surface area contributed by atoms with E-state index in [0.29, 0.717) is 22.4 Å². The second-order valence-corrected chi connectivity index (χ2v) is 5.77. The normalized spacial score (nSPS) is 14.7. The molecule has 0 aromatic carbocycles. The molecule has 0 aliphatic heterocycles. The number of methoxy groups -OCH3 is 1. The second kappa shape index (κ2) is 5.06. The highest BCUT2D eigenvalue weighted by molar-refractivity contribution is 7.19. The van der Waals surface area contributed by atoms with E-state index >= 15 is 0 Å². The monoisotopic (exact) mass is 269 g/mol. The highest BCUT2D eigenvalue weighted by Gasteiger charge is 2.28. The van der Waals surface area contributed by atoms with Crippen LogP contribution in [0.1, 0.15) is 36.4 Å². The van der Waals surface area contributed by atoms with Gasteiger partial charge in [-0.15, -0.1) is 11.3 Å². The van der Waals surface area contributed by atoms with E-state index in [-0.39, 0.29) is 11.9 Å². The molecule has 0 unspecified atom stereocenters. The third-order valence-corrected chi connectivity index (χ3v) is 3.76. The summed E-state index contributed by atoms with van der Waals surface area (Å²) in [5, 5.41) is 6.99. The summed E-state index contributed by atoms with van der Waals surface area (Å²) < 4.78 is 5.27. The fourth-order valence-corrected chi connectivity index (χ4v) is 2.77. The predicted octanol–water partition coefficient (Wildman–Crippen LogP) is 2.05. The van der Waals surface area contributed by atoms with Gasteiger partial charge in [0, 0.05) is 12.1 Å². The largest absolute Gasteiger partial charge is 0.492 e. The number of hydrogen-bond donors (Lipinski definition) is 3. The molecule has 1 aliphatic carbocycles. The summed E-state index contributed by atoms with van der Waals surface area (Å²) in [7, 11) is 1.56. The quantitative estimate of drug-likeness (QED) is 0.764. The van der Waals surface area contributed by atoms with E-state index in [9.17, 15) is 4.79 Å². The summed E-state index contributed by atoms with van der Waals surface area (Å²) in [6, 6.07) is 0.586. The summed E-state index contributed by atoms with van der Waals surface area (Å²) in [6.07, 6.45) is 2.12. The molecule has 1 amide bonds. The number of amides is 1. The smallest absolute Gasteiger partial charge is 0.263 e. The molecular formula is C12H19N3O2S. The Morgan fingerprint density at radius 1 is 1.50 bits per heavy atom. The van der Waals surface area contributed by atoms with Gasteiger partial charge in [-0.1, -0.05) is 0 Å². The van der Waals surface area contributed by atoms with Crippen LogP contribution < -0.4 is 21.1 Å². The molecule has 0 spiro atoms. The van der Waals surface area contributed by atoms with Crippen LogP contribution in [0.4, 0.5) is 10.7 Å². The van der Waals surface area contributed by atoms with Crippen molar-refractivity contribution in [3.63, 3.8) is 0 Å². The maximum Gasteiger partial charge on any atom is 0.263 e. The van der Waals surface area contributed by atoms with Gasteiger partial charge < -0.3 is 21.1 Å². The minimum atomic E-state index is -0.102.